The number of nitrogens with zero attached hydrogens (tertiary/aromatic N) is 2. The standard InChI is InChI=1S/C24H28N4O5S/c1-24(2,3)20-16-21(28(27-20)18-10-6-4-7-11-18)26-22(29)17-33-23(30)14-15-25-34(31,32)19-12-8-5-9-13-19/h4-13,16,25H,14-15,17H2,1-3H3,(H,26,29). The molecule has 0 saturated heterocycles. The number of carbonyl (C=O) groups excluding carboxylic acids is 2. The second kappa shape index (κ2) is 10.6. The Kier molecular flexibility index (Phi) is 7.85. The van der Waals surface area contributed by atoms with Gasteiger partial charge in [0.1, 0.15) is 5.82 Å². The maximum absolute atomic E-state index is 12.4. The third kappa shape index (κ3) is 6.75. The first-order valence-electron chi connectivity index (χ1n) is 10.7. The molecule has 0 saturated carbocycles. The molecule has 2 aromatic carbocycles. The van der Waals surface area contributed by atoms with Gasteiger partial charge in [-0.2, -0.15) is 5.10 Å². The summed E-state index contributed by atoms with van der Waals surface area (Å²) >= 11 is 0. The van der Waals surface area contributed by atoms with Gasteiger partial charge in [-0.1, -0.05) is 57.2 Å². The molecule has 34 heavy (non-hydrogen) atoms. The van der Waals surface area contributed by atoms with Gasteiger partial charge in [0, 0.05) is 18.0 Å². The summed E-state index contributed by atoms with van der Waals surface area (Å²) in [7, 11) is -3.72. The van der Waals surface area contributed by atoms with Crippen molar-refractivity contribution in [3.05, 3.63) is 72.4 Å². The molecule has 9 nitrogen and oxygen atoms in total. The molecule has 0 aliphatic carbocycles. The van der Waals surface area contributed by atoms with Gasteiger partial charge in [0.2, 0.25) is 10.0 Å². The lowest BCUT2D eigenvalue weighted by molar-refractivity contribution is -0.147. The highest BCUT2D eigenvalue weighted by Crippen LogP contribution is 2.26. The zero-order valence-corrected chi connectivity index (χ0v) is 20.1. The van der Waals surface area contributed by atoms with Gasteiger partial charge in [0.25, 0.3) is 5.91 Å². The Labute approximate surface area is 199 Å². The molecular formula is C24H28N4O5S. The zero-order chi connectivity index (χ0) is 24.8. The van der Waals surface area contributed by atoms with Crippen molar-refractivity contribution in [1.82, 2.24) is 14.5 Å². The Morgan fingerprint density at radius 2 is 1.62 bits per heavy atom. The van der Waals surface area contributed by atoms with E-state index in [9.17, 15) is 18.0 Å². The van der Waals surface area contributed by atoms with Crippen LogP contribution in [0.25, 0.3) is 5.69 Å². The Morgan fingerprint density at radius 1 is 1.00 bits per heavy atom. The number of aromatic nitrogens is 2. The molecule has 1 aromatic heterocycles. The van der Waals surface area contributed by atoms with E-state index in [2.05, 4.69) is 15.1 Å². The molecule has 0 aliphatic rings. The lowest BCUT2D eigenvalue weighted by Gasteiger charge is -2.14. The number of esters is 1. The van der Waals surface area contributed by atoms with Crippen LogP contribution in [0.2, 0.25) is 0 Å². The number of anilines is 1. The summed E-state index contributed by atoms with van der Waals surface area (Å²) in [5.41, 5.74) is 1.32. The van der Waals surface area contributed by atoms with E-state index in [0.717, 1.165) is 11.4 Å². The fraction of sp³-hybridized carbons (Fsp3) is 0.292. The lowest BCUT2D eigenvalue weighted by atomic mass is 9.92. The third-order valence-corrected chi connectivity index (χ3v) is 6.26. The molecular weight excluding hydrogens is 456 g/mol. The zero-order valence-electron chi connectivity index (χ0n) is 19.3. The van der Waals surface area contributed by atoms with Crippen LogP contribution in [0.5, 0.6) is 0 Å². The predicted octanol–water partition coefficient (Wildman–Crippen LogP) is 3.02. The van der Waals surface area contributed by atoms with Crippen LogP contribution in [0.1, 0.15) is 32.9 Å². The van der Waals surface area contributed by atoms with E-state index in [-0.39, 0.29) is 23.3 Å². The number of para-hydroxylation sites is 1. The summed E-state index contributed by atoms with van der Waals surface area (Å²) in [5, 5.41) is 7.35. The van der Waals surface area contributed by atoms with Gasteiger partial charge in [-0.15, -0.1) is 0 Å². The summed E-state index contributed by atoms with van der Waals surface area (Å²) in [5.74, 6) is -0.776. The van der Waals surface area contributed by atoms with Crippen molar-refractivity contribution in [3.8, 4) is 5.69 Å². The normalized spacial score (nSPS) is 11.7. The molecule has 1 heterocycles. The highest BCUT2D eigenvalue weighted by Gasteiger charge is 2.22. The van der Waals surface area contributed by atoms with Crippen LogP contribution in [0, 0.1) is 0 Å². The summed E-state index contributed by atoms with van der Waals surface area (Å²) in [6.07, 6.45) is -0.213. The van der Waals surface area contributed by atoms with E-state index in [4.69, 9.17) is 4.74 Å². The number of benzene rings is 2. The van der Waals surface area contributed by atoms with Crippen LogP contribution < -0.4 is 10.0 Å². The Hall–Kier alpha value is -3.50. The van der Waals surface area contributed by atoms with Crippen LogP contribution in [-0.4, -0.2) is 43.2 Å². The fourth-order valence-electron chi connectivity index (χ4n) is 2.97. The highest BCUT2D eigenvalue weighted by atomic mass is 32.2. The van der Waals surface area contributed by atoms with Gasteiger partial charge in [0.15, 0.2) is 6.61 Å². The quantitative estimate of drug-likeness (QED) is 0.451. The van der Waals surface area contributed by atoms with Crippen LogP contribution in [0.4, 0.5) is 5.82 Å². The van der Waals surface area contributed by atoms with Gasteiger partial charge in [-0.25, -0.2) is 17.8 Å². The molecule has 0 atom stereocenters. The summed E-state index contributed by atoms with van der Waals surface area (Å²) in [6.45, 7) is 5.40. The first-order chi connectivity index (χ1) is 16.1. The number of sulfonamides is 1. The average molecular weight is 485 g/mol. The van der Waals surface area contributed by atoms with E-state index in [1.807, 2.05) is 51.1 Å². The van der Waals surface area contributed by atoms with E-state index in [1.165, 1.54) is 12.1 Å². The fourth-order valence-corrected chi connectivity index (χ4v) is 4.02. The van der Waals surface area contributed by atoms with Gasteiger partial charge in [-0.3, -0.25) is 9.59 Å². The lowest BCUT2D eigenvalue weighted by Crippen LogP contribution is -2.28. The van der Waals surface area contributed by atoms with Crippen molar-refractivity contribution in [3.63, 3.8) is 0 Å². The van der Waals surface area contributed by atoms with Crippen LogP contribution in [0.3, 0.4) is 0 Å². The molecule has 180 valence electrons. The number of hydrogen-bond acceptors (Lipinski definition) is 6. The average Bonchev–Trinajstić information content (AvgIpc) is 3.23. The van der Waals surface area contributed by atoms with Crippen LogP contribution >= 0.6 is 0 Å². The summed E-state index contributed by atoms with van der Waals surface area (Å²) in [6, 6.07) is 19.0. The second-order valence-corrected chi connectivity index (χ2v) is 10.3. The molecule has 0 bridgehead atoms. The number of nitrogens with one attached hydrogen (secondary N) is 2. The monoisotopic (exact) mass is 484 g/mol. The van der Waals surface area contributed by atoms with Crippen molar-refractivity contribution in [1.29, 1.82) is 0 Å². The molecule has 3 aromatic rings. The van der Waals surface area contributed by atoms with E-state index < -0.39 is 28.5 Å². The summed E-state index contributed by atoms with van der Waals surface area (Å²) in [4.78, 5) is 24.5. The minimum atomic E-state index is -3.72. The van der Waals surface area contributed by atoms with Crippen molar-refractivity contribution in [2.45, 2.75) is 37.5 Å². The van der Waals surface area contributed by atoms with E-state index in [0.29, 0.717) is 5.82 Å². The van der Waals surface area contributed by atoms with Crippen LogP contribution in [0.15, 0.2) is 71.6 Å². The molecule has 0 aliphatic heterocycles. The molecule has 0 fully saturated rings. The summed E-state index contributed by atoms with van der Waals surface area (Å²) < 4.78 is 33.3. The van der Waals surface area contributed by atoms with Crippen molar-refractivity contribution in [2.24, 2.45) is 0 Å². The number of hydrogen-bond donors (Lipinski definition) is 2. The molecule has 2 N–H and O–H groups in total. The first kappa shape index (κ1) is 25.1. The minimum absolute atomic E-state index is 0.104. The number of carbonyl (C=O) groups is 2. The van der Waals surface area contributed by atoms with Crippen molar-refractivity contribution >= 4 is 27.7 Å². The predicted molar refractivity (Wildman–Crippen MR) is 128 cm³/mol. The first-order valence-corrected chi connectivity index (χ1v) is 12.2. The largest absolute Gasteiger partial charge is 0.456 e. The van der Waals surface area contributed by atoms with Crippen molar-refractivity contribution in [2.75, 3.05) is 18.5 Å². The van der Waals surface area contributed by atoms with Crippen LogP contribution in [-0.2, 0) is 29.8 Å². The Balaban J connectivity index is 1.55. The topological polar surface area (TPSA) is 119 Å². The number of ether oxygens (including phenoxy) is 1. The van der Waals surface area contributed by atoms with Gasteiger partial charge < -0.3 is 10.1 Å². The van der Waals surface area contributed by atoms with Crippen molar-refractivity contribution < 1.29 is 22.7 Å². The maximum Gasteiger partial charge on any atom is 0.307 e. The number of amides is 1. The Bertz CT molecular complexity index is 1230. The van der Waals surface area contributed by atoms with Gasteiger partial charge in [-0.05, 0) is 24.3 Å². The Morgan fingerprint density at radius 3 is 2.24 bits per heavy atom. The molecule has 0 spiro atoms. The number of rotatable bonds is 9. The van der Waals surface area contributed by atoms with E-state index >= 15 is 0 Å². The molecule has 1 amide bonds. The third-order valence-electron chi connectivity index (χ3n) is 4.78. The molecule has 0 unspecified atom stereocenters. The van der Waals surface area contributed by atoms with Gasteiger partial charge in [0.05, 0.1) is 22.7 Å². The van der Waals surface area contributed by atoms with E-state index in [1.54, 1.807) is 28.9 Å². The smallest absolute Gasteiger partial charge is 0.307 e. The molecule has 3 rings (SSSR count). The highest BCUT2D eigenvalue weighted by molar-refractivity contribution is 7.89. The minimum Gasteiger partial charge on any atom is -0.456 e. The van der Waals surface area contributed by atoms with Gasteiger partial charge >= 0.3 is 5.97 Å². The second-order valence-electron chi connectivity index (χ2n) is 8.58. The molecule has 10 heteroatoms. The maximum atomic E-state index is 12.4. The molecule has 0 radical (unpaired) electrons. The SMILES string of the molecule is CC(C)(C)c1cc(NC(=O)COC(=O)CCNS(=O)(=O)c2ccccc2)n(-c2ccccc2)n1.